The van der Waals surface area contributed by atoms with Gasteiger partial charge >= 0.3 is 0 Å². The smallest absolute Gasteiger partial charge is 0.273 e. The molecule has 180 valence electrons. The lowest BCUT2D eigenvalue weighted by molar-refractivity contribution is 0.0383. The van der Waals surface area contributed by atoms with E-state index in [4.69, 9.17) is 9.15 Å². The molecule has 0 bridgehead atoms. The molecule has 1 saturated heterocycles. The van der Waals surface area contributed by atoms with Crippen molar-refractivity contribution in [2.24, 2.45) is 0 Å². The molecule has 0 spiro atoms. The molecular weight excluding hydrogens is 435 g/mol. The van der Waals surface area contributed by atoms with Gasteiger partial charge in [-0.2, -0.15) is 0 Å². The molecular formula is C26H31FN4O3. The number of morpholine rings is 1. The first-order chi connectivity index (χ1) is 16.6. The zero-order valence-corrected chi connectivity index (χ0v) is 19.5. The molecule has 8 heteroatoms. The Labute approximate surface area is 199 Å². The van der Waals surface area contributed by atoms with Crippen molar-refractivity contribution in [3.63, 3.8) is 0 Å². The maximum absolute atomic E-state index is 14.4. The van der Waals surface area contributed by atoms with Crippen LogP contribution in [0.1, 0.15) is 40.5 Å². The van der Waals surface area contributed by atoms with Crippen LogP contribution in [0.4, 0.5) is 4.39 Å². The van der Waals surface area contributed by atoms with Gasteiger partial charge in [-0.05, 0) is 18.6 Å². The summed E-state index contributed by atoms with van der Waals surface area (Å²) in [5, 5.41) is 2.90. The van der Waals surface area contributed by atoms with Crippen LogP contribution in [0.5, 0.6) is 0 Å². The first-order valence-corrected chi connectivity index (χ1v) is 11.7. The van der Waals surface area contributed by atoms with Crippen LogP contribution < -0.4 is 5.32 Å². The number of rotatable bonds is 10. The molecule has 1 fully saturated rings. The molecule has 1 aliphatic heterocycles. The van der Waals surface area contributed by atoms with Crippen LogP contribution in [0.15, 0.2) is 65.3 Å². The fourth-order valence-corrected chi connectivity index (χ4v) is 4.02. The summed E-state index contributed by atoms with van der Waals surface area (Å²) in [6.07, 6.45) is 1.38. The highest BCUT2D eigenvalue weighted by molar-refractivity contribution is 5.91. The summed E-state index contributed by atoms with van der Waals surface area (Å²) < 4.78 is 25.4. The highest BCUT2D eigenvalue weighted by atomic mass is 19.1. The Morgan fingerprint density at radius 3 is 2.62 bits per heavy atom. The van der Waals surface area contributed by atoms with Gasteiger partial charge in [-0.3, -0.25) is 14.6 Å². The maximum Gasteiger partial charge on any atom is 0.273 e. The van der Waals surface area contributed by atoms with Crippen molar-refractivity contribution in [3.8, 4) is 0 Å². The SMILES string of the molecule is CC(c1ccccc1)N(Cc1nc(C(=O)NCCN2CCOCC2)co1)Cc1ccccc1F. The van der Waals surface area contributed by atoms with E-state index in [9.17, 15) is 9.18 Å². The van der Waals surface area contributed by atoms with E-state index in [1.54, 1.807) is 12.1 Å². The Morgan fingerprint density at radius 2 is 1.85 bits per heavy atom. The van der Waals surface area contributed by atoms with Gasteiger partial charge in [0, 0.05) is 44.3 Å². The fourth-order valence-electron chi connectivity index (χ4n) is 4.02. The second-order valence-corrected chi connectivity index (χ2v) is 8.42. The van der Waals surface area contributed by atoms with Gasteiger partial charge in [0.25, 0.3) is 5.91 Å². The summed E-state index contributed by atoms with van der Waals surface area (Å²) in [6.45, 7) is 7.30. The first-order valence-electron chi connectivity index (χ1n) is 11.7. The Balaban J connectivity index is 1.40. The van der Waals surface area contributed by atoms with Crippen LogP contribution >= 0.6 is 0 Å². The van der Waals surface area contributed by atoms with Crippen LogP contribution in [0.3, 0.4) is 0 Å². The predicted molar refractivity (Wildman–Crippen MR) is 127 cm³/mol. The van der Waals surface area contributed by atoms with Gasteiger partial charge in [0.2, 0.25) is 5.89 Å². The molecule has 1 amide bonds. The molecule has 1 unspecified atom stereocenters. The lowest BCUT2D eigenvalue weighted by Crippen LogP contribution is -2.41. The number of ether oxygens (including phenoxy) is 1. The number of benzene rings is 2. The number of carbonyl (C=O) groups excluding carboxylic acids is 1. The Hall–Kier alpha value is -3.07. The summed E-state index contributed by atoms with van der Waals surface area (Å²) in [4.78, 5) is 21.3. The number of hydrogen-bond acceptors (Lipinski definition) is 6. The highest BCUT2D eigenvalue weighted by Crippen LogP contribution is 2.25. The number of hydrogen-bond donors (Lipinski definition) is 1. The van der Waals surface area contributed by atoms with E-state index in [1.165, 1.54) is 12.3 Å². The third kappa shape index (κ3) is 6.50. The van der Waals surface area contributed by atoms with Gasteiger partial charge in [-0.15, -0.1) is 0 Å². The van der Waals surface area contributed by atoms with E-state index in [1.807, 2.05) is 36.4 Å². The number of amides is 1. The van der Waals surface area contributed by atoms with Gasteiger partial charge in [0.15, 0.2) is 5.69 Å². The average Bonchev–Trinajstić information content (AvgIpc) is 3.34. The summed E-state index contributed by atoms with van der Waals surface area (Å²) in [6, 6.07) is 16.8. The Bertz CT molecular complexity index is 1050. The highest BCUT2D eigenvalue weighted by Gasteiger charge is 2.21. The maximum atomic E-state index is 14.4. The molecule has 1 aliphatic rings. The number of oxazole rings is 1. The lowest BCUT2D eigenvalue weighted by Gasteiger charge is -2.28. The largest absolute Gasteiger partial charge is 0.447 e. The van der Waals surface area contributed by atoms with Gasteiger partial charge in [-0.1, -0.05) is 48.5 Å². The number of carbonyl (C=O) groups is 1. The number of halogens is 1. The lowest BCUT2D eigenvalue weighted by atomic mass is 10.1. The van der Waals surface area contributed by atoms with Crippen molar-refractivity contribution >= 4 is 5.91 Å². The minimum Gasteiger partial charge on any atom is -0.447 e. The van der Waals surface area contributed by atoms with Gasteiger partial charge < -0.3 is 14.5 Å². The number of nitrogens with one attached hydrogen (secondary N) is 1. The normalized spacial score (nSPS) is 15.4. The predicted octanol–water partition coefficient (Wildman–Crippen LogP) is 3.64. The monoisotopic (exact) mass is 466 g/mol. The molecule has 0 radical (unpaired) electrons. The molecule has 1 atom stereocenters. The standard InChI is InChI=1S/C26H31FN4O3/c1-20(21-7-3-2-4-8-21)31(17-22-9-5-6-10-23(22)27)18-25-29-24(19-34-25)26(32)28-11-12-30-13-15-33-16-14-30/h2-10,19-20H,11-18H2,1H3,(H,28,32). The summed E-state index contributed by atoms with van der Waals surface area (Å²) in [7, 11) is 0. The van der Waals surface area contributed by atoms with Crippen LogP contribution in [0.25, 0.3) is 0 Å². The topological polar surface area (TPSA) is 70.8 Å². The van der Waals surface area contributed by atoms with E-state index < -0.39 is 0 Å². The van der Waals surface area contributed by atoms with E-state index in [2.05, 4.69) is 27.0 Å². The summed E-state index contributed by atoms with van der Waals surface area (Å²) in [5.74, 6) is -0.0991. The van der Waals surface area contributed by atoms with E-state index in [0.29, 0.717) is 31.1 Å². The van der Waals surface area contributed by atoms with Crippen molar-refractivity contribution in [1.29, 1.82) is 0 Å². The van der Waals surface area contributed by atoms with Gasteiger partial charge in [0.05, 0.1) is 19.8 Å². The molecule has 0 aliphatic carbocycles. The molecule has 7 nitrogen and oxygen atoms in total. The average molecular weight is 467 g/mol. The van der Waals surface area contributed by atoms with E-state index in [0.717, 1.165) is 38.4 Å². The third-order valence-corrected chi connectivity index (χ3v) is 6.10. The van der Waals surface area contributed by atoms with Crippen LogP contribution in [0.2, 0.25) is 0 Å². The quantitative estimate of drug-likeness (QED) is 0.492. The Kier molecular flexibility index (Phi) is 8.41. The molecule has 0 saturated carbocycles. The van der Waals surface area contributed by atoms with Crippen molar-refractivity contribution < 1.29 is 18.3 Å². The molecule has 3 aromatic rings. The van der Waals surface area contributed by atoms with Crippen LogP contribution in [0, 0.1) is 5.82 Å². The molecule has 2 aromatic carbocycles. The van der Waals surface area contributed by atoms with Crippen molar-refractivity contribution in [2.75, 3.05) is 39.4 Å². The molecule has 4 rings (SSSR count). The second-order valence-electron chi connectivity index (χ2n) is 8.42. The number of aromatic nitrogens is 1. The number of nitrogens with zero attached hydrogens (tertiary/aromatic N) is 3. The minimum atomic E-state index is -0.264. The molecule has 1 N–H and O–H groups in total. The Morgan fingerprint density at radius 1 is 1.12 bits per heavy atom. The fraction of sp³-hybridized carbons (Fsp3) is 0.385. The van der Waals surface area contributed by atoms with E-state index >= 15 is 0 Å². The summed E-state index contributed by atoms with van der Waals surface area (Å²) in [5.41, 5.74) is 1.94. The van der Waals surface area contributed by atoms with Crippen molar-refractivity contribution in [1.82, 2.24) is 20.1 Å². The van der Waals surface area contributed by atoms with Crippen LogP contribution in [-0.2, 0) is 17.8 Å². The second kappa shape index (κ2) is 11.9. The third-order valence-electron chi connectivity index (χ3n) is 6.10. The van der Waals surface area contributed by atoms with Crippen LogP contribution in [-0.4, -0.2) is 60.1 Å². The van der Waals surface area contributed by atoms with Gasteiger partial charge in [0.1, 0.15) is 12.1 Å². The first kappa shape index (κ1) is 24.1. The zero-order valence-electron chi connectivity index (χ0n) is 19.5. The van der Waals surface area contributed by atoms with Crippen molar-refractivity contribution in [2.45, 2.75) is 26.1 Å². The van der Waals surface area contributed by atoms with Gasteiger partial charge in [-0.25, -0.2) is 9.37 Å². The van der Waals surface area contributed by atoms with Crippen molar-refractivity contribution in [3.05, 3.63) is 89.4 Å². The molecule has 2 heterocycles. The molecule has 34 heavy (non-hydrogen) atoms. The molecule has 1 aromatic heterocycles. The summed E-state index contributed by atoms with van der Waals surface area (Å²) >= 11 is 0. The van der Waals surface area contributed by atoms with E-state index in [-0.39, 0.29) is 23.5 Å². The minimum absolute atomic E-state index is 0.0153. The zero-order chi connectivity index (χ0) is 23.8.